The smallest absolute Gasteiger partial charge is 0.00871 e. The highest BCUT2D eigenvalue weighted by molar-refractivity contribution is 5.74. The number of hydrogen-bond donors (Lipinski definition) is 0. The molecule has 2 aliphatic carbocycles. The van der Waals surface area contributed by atoms with Gasteiger partial charge in [-0.2, -0.15) is 0 Å². The lowest BCUT2D eigenvalue weighted by atomic mass is 9.87. The van der Waals surface area contributed by atoms with Crippen molar-refractivity contribution < 1.29 is 0 Å². The maximum atomic E-state index is 4.32. The van der Waals surface area contributed by atoms with Crippen molar-refractivity contribution in [3.05, 3.63) is 42.0 Å². The fourth-order valence-electron chi connectivity index (χ4n) is 3.41. The van der Waals surface area contributed by atoms with Crippen molar-refractivity contribution in [2.24, 2.45) is 5.92 Å². The van der Waals surface area contributed by atoms with E-state index in [0.717, 1.165) is 11.8 Å². The van der Waals surface area contributed by atoms with E-state index < -0.39 is 0 Å². The zero-order valence-electron chi connectivity index (χ0n) is 9.21. The van der Waals surface area contributed by atoms with Crippen LogP contribution in [-0.4, -0.2) is 0 Å². The van der Waals surface area contributed by atoms with Crippen LogP contribution in [0, 0.1) is 5.92 Å². The third-order valence-corrected chi connectivity index (χ3v) is 4.17. The van der Waals surface area contributed by atoms with Gasteiger partial charge in [0, 0.05) is 0 Å². The molecular formula is C15H18. The summed E-state index contributed by atoms with van der Waals surface area (Å²) in [6.07, 6.45) is 6.96. The van der Waals surface area contributed by atoms with Gasteiger partial charge in [0.05, 0.1) is 0 Å². The third-order valence-electron chi connectivity index (χ3n) is 4.17. The summed E-state index contributed by atoms with van der Waals surface area (Å²) >= 11 is 0. The fraction of sp³-hybridized carbons (Fsp3) is 0.467. The average molecular weight is 198 g/mol. The Morgan fingerprint density at radius 3 is 2.53 bits per heavy atom. The molecule has 0 saturated heterocycles. The first kappa shape index (κ1) is 9.21. The summed E-state index contributed by atoms with van der Waals surface area (Å²) in [5, 5.41) is 0. The van der Waals surface area contributed by atoms with Crippen molar-refractivity contribution >= 4 is 5.57 Å². The maximum Gasteiger partial charge on any atom is -0.00871 e. The predicted octanol–water partition coefficient (Wildman–Crippen LogP) is 4.38. The molecule has 1 fully saturated rings. The lowest BCUT2D eigenvalue weighted by Crippen LogP contribution is -2.04. The van der Waals surface area contributed by atoms with Gasteiger partial charge in [-0.05, 0) is 41.4 Å². The zero-order chi connectivity index (χ0) is 10.3. The summed E-state index contributed by atoms with van der Waals surface area (Å²) in [6.45, 7) is 4.32. The predicted molar refractivity (Wildman–Crippen MR) is 64.8 cm³/mol. The molecule has 0 spiro atoms. The molecule has 0 nitrogen and oxygen atoms in total. The van der Waals surface area contributed by atoms with Gasteiger partial charge < -0.3 is 0 Å². The van der Waals surface area contributed by atoms with Gasteiger partial charge in [0.15, 0.2) is 0 Å². The second-order valence-corrected chi connectivity index (χ2v) is 4.96. The lowest BCUT2D eigenvalue weighted by Gasteiger charge is -2.17. The molecule has 0 radical (unpaired) electrons. The van der Waals surface area contributed by atoms with Crippen molar-refractivity contribution in [1.29, 1.82) is 0 Å². The number of allylic oxidation sites excluding steroid dienone is 1. The normalized spacial score (nSPS) is 29.5. The molecule has 2 atom stereocenters. The Morgan fingerprint density at radius 1 is 0.933 bits per heavy atom. The highest BCUT2D eigenvalue weighted by Gasteiger charge is 2.35. The Balaban J connectivity index is 2.06. The Hall–Kier alpha value is -1.04. The van der Waals surface area contributed by atoms with E-state index in [1.165, 1.54) is 43.2 Å². The molecule has 0 unspecified atom stereocenters. The van der Waals surface area contributed by atoms with Gasteiger partial charge in [0.1, 0.15) is 0 Å². The molecule has 3 rings (SSSR count). The molecule has 2 aliphatic rings. The summed E-state index contributed by atoms with van der Waals surface area (Å²) in [5.74, 6) is 1.54. The van der Waals surface area contributed by atoms with Crippen LogP contribution in [0.1, 0.15) is 49.1 Å². The van der Waals surface area contributed by atoms with Gasteiger partial charge in [-0.1, -0.05) is 50.1 Å². The van der Waals surface area contributed by atoms with Crippen molar-refractivity contribution in [3.8, 4) is 0 Å². The summed E-state index contributed by atoms with van der Waals surface area (Å²) < 4.78 is 0. The molecule has 1 aromatic carbocycles. The van der Waals surface area contributed by atoms with Gasteiger partial charge in [-0.3, -0.25) is 0 Å². The van der Waals surface area contributed by atoms with E-state index in [2.05, 4.69) is 30.8 Å². The first-order valence-corrected chi connectivity index (χ1v) is 6.16. The van der Waals surface area contributed by atoms with Crippen LogP contribution in [0.25, 0.3) is 5.57 Å². The average Bonchev–Trinajstić information content (AvgIpc) is 2.48. The maximum absolute atomic E-state index is 4.32. The van der Waals surface area contributed by atoms with Crippen LogP contribution in [0.15, 0.2) is 30.8 Å². The van der Waals surface area contributed by atoms with E-state index in [0.29, 0.717) is 0 Å². The molecule has 0 aromatic heterocycles. The molecule has 1 aromatic rings. The Labute approximate surface area is 92.0 Å². The van der Waals surface area contributed by atoms with Gasteiger partial charge >= 0.3 is 0 Å². The molecule has 0 bridgehead atoms. The standard InChI is InChI=1S/C15H18/c1-11-12-7-3-2-4-9-14(12)15-10-6-5-8-13(11)15/h5-6,8,10,12,14H,1-4,7,9H2/t12-,14-/m0/s1. The van der Waals surface area contributed by atoms with Crippen LogP contribution in [0.4, 0.5) is 0 Å². The SMILES string of the molecule is C=C1c2ccccc2[C@H]2CCCCC[C@@H]12. The monoisotopic (exact) mass is 198 g/mol. The van der Waals surface area contributed by atoms with Crippen molar-refractivity contribution in [3.63, 3.8) is 0 Å². The number of benzene rings is 1. The van der Waals surface area contributed by atoms with E-state index in [1.807, 2.05) is 0 Å². The minimum atomic E-state index is 0.755. The minimum Gasteiger partial charge on any atom is -0.0949 e. The molecule has 0 aliphatic heterocycles. The molecule has 15 heavy (non-hydrogen) atoms. The van der Waals surface area contributed by atoms with E-state index in [1.54, 1.807) is 5.56 Å². The van der Waals surface area contributed by atoms with Gasteiger partial charge in [-0.25, -0.2) is 0 Å². The molecule has 0 N–H and O–H groups in total. The second kappa shape index (κ2) is 3.52. The first-order chi connectivity index (χ1) is 7.38. The quantitative estimate of drug-likeness (QED) is 0.580. The number of rotatable bonds is 0. The van der Waals surface area contributed by atoms with Gasteiger partial charge in [0.2, 0.25) is 0 Å². The molecule has 0 heterocycles. The molecule has 78 valence electrons. The number of hydrogen-bond acceptors (Lipinski definition) is 0. The van der Waals surface area contributed by atoms with Crippen molar-refractivity contribution in [1.82, 2.24) is 0 Å². The van der Waals surface area contributed by atoms with E-state index in [4.69, 9.17) is 0 Å². The summed E-state index contributed by atoms with van der Waals surface area (Å²) in [5.41, 5.74) is 4.45. The Morgan fingerprint density at radius 2 is 1.67 bits per heavy atom. The summed E-state index contributed by atoms with van der Waals surface area (Å²) in [6, 6.07) is 8.90. The minimum absolute atomic E-state index is 0.755. The number of fused-ring (bicyclic) bond motifs is 3. The van der Waals surface area contributed by atoms with E-state index in [9.17, 15) is 0 Å². The summed E-state index contributed by atoms with van der Waals surface area (Å²) in [7, 11) is 0. The van der Waals surface area contributed by atoms with Crippen LogP contribution in [0.2, 0.25) is 0 Å². The van der Waals surface area contributed by atoms with Crippen molar-refractivity contribution in [2.75, 3.05) is 0 Å². The molecule has 0 heteroatoms. The van der Waals surface area contributed by atoms with Crippen LogP contribution < -0.4 is 0 Å². The molecular weight excluding hydrogens is 180 g/mol. The zero-order valence-corrected chi connectivity index (χ0v) is 9.21. The lowest BCUT2D eigenvalue weighted by molar-refractivity contribution is 0.515. The van der Waals surface area contributed by atoms with Crippen LogP contribution in [-0.2, 0) is 0 Å². The van der Waals surface area contributed by atoms with Crippen LogP contribution in [0.3, 0.4) is 0 Å². The van der Waals surface area contributed by atoms with E-state index >= 15 is 0 Å². The largest absolute Gasteiger partial charge is 0.0949 e. The first-order valence-electron chi connectivity index (χ1n) is 6.16. The highest BCUT2D eigenvalue weighted by Crippen LogP contribution is 2.50. The Kier molecular flexibility index (Phi) is 2.16. The molecule has 1 saturated carbocycles. The van der Waals surface area contributed by atoms with Crippen LogP contribution in [0.5, 0.6) is 0 Å². The fourth-order valence-corrected chi connectivity index (χ4v) is 3.41. The van der Waals surface area contributed by atoms with Crippen molar-refractivity contribution in [2.45, 2.75) is 38.0 Å². The van der Waals surface area contributed by atoms with E-state index in [-0.39, 0.29) is 0 Å². The Bertz CT molecular complexity index is 389. The van der Waals surface area contributed by atoms with Crippen LogP contribution >= 0.6 is 0 Å². The van der Waals surface area contributed by atoms with Gasteiger partial charge in [-0.15, -0.1) is 0 Å². The highest BCUT2D eigenvalue weighted by atomic mass is 14.4. The second-order valence-electron chi connectivity index (χ2n) is 4.96. The third kappa shape index (κ3) is 1.35. The van der Waals surface area contributed by atoms with Gasteiger partial charge in [0.25, 0.3) is 0 Å². The molecule has 0 amide bonds. The summed E-state index contributed by atoms with van der Waals surface area (Å²) in [4.78, 5) is 0. The topological polar surface area (TPSA) is 0 Å².